The molecule has 0 spiro atoms. The summed E-state index contributed by atoms with van der Waals surface area (Å²) in [5.41, 5.74) is 0.365. The lowest BCUT2D eigenvalue weighted by Crippen LogP contribution is -1.80. The van der Waals surface area contributed by atoms with Crippen molar-refractivity contribution in [3.8, 4) is 5.75 Å². The smallest absolute Gasteiger partial charge is 0.165 e. The SMILES string of the molecule is OCC=Cc1cccc(F)c1O. The van der Waals surface area contributed by atoms with E-state index in [-0.39, 0.29) is 12.4 Å². The van der Waals surface area contributed by atoms with Crippen molar-refractivity contribution in [3.63, 3.8) is 0 Å². The maximum atomic E-state index is 12.7. The van der Waals surface area contributed by atoms with Gasteiger partial charge in [0.15, 0.2) is 11.6 Å². The number of rotatable bonds is 2. The largest absolute Gasteiger partial charge is 0.504 e. The molecule has 3 heteroatoms. The van der Waals surface area contributed by atoms with Crippen molar-refractivity contribution >= 4 is 6.08 Å². The van der Waals surface area contributed by atoms with Crippen molar-refractivity contribution in [2.75, 3.05) is 6.61 Å². The van der Waals surface area contributed by atoms with Crippen molar-refractivity contribution in [2.24, 2.45) is 0 Å². The summed E-state index contributed by atoms with van der Waals surface area (Å²) in [4.78, 5) is 0. The molecule has 1 rings (SSSR count). The number of phenolic OH excluding ortho intramolecular Hbond substituents is 1. The molecule has 0 amide bonds. The summed E-state index contributed by atoms with van der Waals surface area (Å²) in [6.45, 7) is -0.129. The zero-order valence-electron chi connectivity index (χ0n) is 6.37. The molecule has 0 bridgehead atoms. The monoisotopic (exact) mass is 168 g/mol. The maximum Gasteiger partial charge on any atom is 0.165 e. The third-order valence-electron chi connectivity index (χ3n) is 1.42. The van der Waals surface area contributed by atoms with Crippen molar-refractivity contribution in [3.05, 3.63) is 35.7 Å². The van der Waals surface area contributed by atoms with Crippen LogP contribution < -0.4 is 0 Å². The van der Waals surface area contributed by atoms with Crippen LogP contribution in [-0.4, -0.2) is 16.8 Å². The van der Waals surface area contributed by atoms with E-state index in [0.717, 1.165) is 0 Å². The van der Waals surface area contributed by atoms with Crippen LogP contribution in [0.2, 0.25) is 0 Å². The van der Waals surface area contributed by atoms with Gasteiger partial charge in [-0.1, -0.05) is 24.3 Å². The van der Waals surface area contributed by atoms with Crippen LogP contribution in [0.25, 0.3) is 6.08 Å². The number of hydrogen-bond acceptors (Lipinski definition) is 2. The van der Waals surface area contributed by atoms with E-state index in [9.17, 15) is 4.39 Å². The molecule has 0 fully saturated rings. The van der Waals surface area contributed by atoms with E-state index < -0.39 is 5.82 Å². The highest BCUT2D eigenvalue weighted by molar-refractivity contribution is 5.56. The van der Waals surface area contributed by atoms with Gasteiger partial charge < -0.3 is 10.2 Å². The minimum absolute atomic E-state index is 0.129. The van der Waals surface area contributed by atoms with E-state index in [0.29, 0.717) is 5.56 Å². The van der Waals surface area contributed by atoms with Crippen LogP contribution in [0.15, 0.2) is 24.3 Å². The highest BCUT2D eigenvalue weighted by Gasteiger charge is 2.01. The zero-order chi connectivity index (χ0) is 8.97. The minimum Gasteiger partial charge on any atom is -0.504 e. The van der Waals surface area contributed by atoms with Crippen LogP contribution >= 0.6 is 0 Å². The summed E-state index contributed by atoms with van der Waals surface area (Å²) in [5, 5.41) is 17.5. The lowest BCUT2D eigenvalue weighted by Gasteiger charge is -1.98. The molecule has 0 heterocycles. The number of benzene rings is 1. The van der Waals surface area contributed by atoms with Gasteiger partial charge in [-0.2, -0.15) is 0 Å². The van der Waals surface area contributed by atoms with E-state index in [1.54, 1.807) is 6.07 Å². The van der Waals surface area contributed by atoms with E-state index in [2.05, 4.69) is 0 Å². The van der Waals surface area contributed by atoms with Crippen LogP contribution in [0.1, 0.15) is 5.56 Å². The molecule has 0 aromatic heterocycles. The summed E-state index contributed by atoms with van der Waals surface area (Å²) >= 11 is 0. The normalized spacial score (nSPS) is 10.8. The van der Waals surface area contributed by atoms with E-state index in [1.807, 2.05) is 0 Å². The Hall–Kier alpha value is -1.35. The van der Waals surface area contributed by atoms with Crippen LogP contribution in [0, 0.1) is 5.82 Å². The lowest BCUT2D eigenvalue weighted by atomic mass is 10.2. The van der Waals surface area contributed by atoms with Gasteiger partial charge in [-0.15, -0.1) is 0 Å². The Bertz CT molecular complexity index is 295. The molecule has 0 saturated carbocycles. The molecule has 64 valence electrons. The fraction of sp³-hybridized carbons (Fsp3) is 0.111. The molecule has 0 atom stereocenters. The number of halogens is 1. The summed E-state index contributed by atoms with van der Waals surface area (Å²) in [7, 11) is 0. The third kappa shape index (κ3) is 1.83. The Morgan fingerprint density at radius 1 is 1.42 bits per heavy atom. The number of para-hydroxylation sites is 1. The maximum absolute atomic E-state index is 12.7. The predicted octanol–water partition coefficient (Wildman–Crippen LogP) is 1.54. The fourth-order valence-corrected chi connectivity index (χ4v) is 0.846. The molecular formula is C9H9FO2. The second-order valence-corrected chi connectivity index (χ2v) is 2.26. The first-order chi connectivity index (χ1) is 5.75. The minimum atomic E-state index is -0.657. The highest BCUT2D eigenvalue weighted by Crippen LogP contribution is 2.21. The van der Waals surface area contributed by atoms with Gasteiger partial charge in [0.2, 0.25) is 0 Å². The van der Waals surface area contributed by atoms with E-state index in [4.69, 9.17) is 10.2 Å². The fourth-order valence-electron chi connectivity index (χ4n) is 0.846. The molecule has 0 aliphatic carbocycles. The van der Waals surface area contributed by atoms with Crippen molar-refractivity contribution in [2.45, 2.75) is 0 Å². The van der Waals surface area contributed by atoms with Crippen LogP contribution in [0.5, 0.6) is 5.75 Å². The molecule has 12 heavy (non-hydrogen) atoms. The molecule has 1 aromatic carbocycles. The highest BCUT2D eigenvalue weighted by atomic mass is 19.1. The summed E-state index contributed by atoms with van der Waals surface area (Å²) < 4.78 is 12.7. The molecule has 2 nitrogen and oxygen atoms in total. The van der Waals surface area contributed by atoms with Gasteiger partial charge in [0.05, 0.1) is 6.61 Å². The number of aromatic hydroxyl groups is 1. The van der Waals surface area contributed by atoms with E-state index in [1.165, 1.54) is 24.3 Å². The Balaban J connectivity index is 3.00. The van der Waals surface area contributed by atoms with Crippen molar-refractivity contribution in [1.29, 1.82) is 0 Å². The molecular weight excluding hydrogens is 159 g/mol. The lowest BCUT2D eigenvalue weighted by molar-refractivity contribution is 0.343. The van der Waals surface area contributed by atoms with E-state index >= 15 is 0 Å². The van der Waals surface area contributed by atoms with Crippen molar-refractivity contribution in [1.82, 2.24) is 0 Å². The van der Waals surface area contributed by atoms with Crippen LogP contribution in [0.3, 0.4) is 0 Å². The van der Waals surface area contributed by atoms with Gasteiger partial charge in [0.1, 0.15) is 0 Å². The number of aliphatic hydroxyl groups is 1. The second-order valence-electron chi connectivity index (χ2n) is 2.26. The first-order valence-electron chi connectivity index (χ1n) is 3.50. The number of hydrogen-bond donors (Lipinski definition) is 2. The molecule has 0 aliphatic rings. The molecule has 1 aromatic rings. The molecule has 0 saturated heterocycles. The molecule has 0 radical (unpaired) electrons. The summed E-state index contributed by atoms with van der Waals surface area (Å²) in [6.07, 6.45) is 2.88. The van der Waals surface area contributed by atoms with Gasteiger partial charge >= 0.3 is 0 Å². The van der Waals surface area contributed by atoms with Crippen molar-refractivity contribution < 1.29 is 14.6 Å². The Morgan fingerprint density at radius 3 is 2.83 bits per heavy atom. The van der Waals surface area contributed by atoms with Gasteiger partial charge in [0, 0.05) is 5.56 Å². The summed E-state index contributed by atoms with van der Waals surface area (Å²) in [6, 6.07) is 4.22. The number of aliphatic hydroxyl groups excluding tert-OH is 1. The predicted molar refractivity (Wildman–Crippen MR) is 44.2 cm³/mol. The van der Waals surface area contributed by atoms with Gasteiger partial charge in [-0.05, 0) is 6.07 Å². The summed E-state index contributed by atoms with van der Waals surface area (Å²) in [5.74, 6) is -1.04. The molecule has 0 aliphatic heterocycles. The molecule has 2 N–H and O–H groups in total. The quantitative estimate of drug-likeness (QED) is 0.703. The van der Waals surface area contributed by atoms with Crippen LogP contribution in [-0.2, 0) is 0 Å². The van der Waals surface area contributed by atoms with Gasteiger partial charge in [-0.3, -0.25) is 0 Å². The zero-order valence-corrected chi connectivity index (χ0v) is 6.37. The van der Waals surface area contributed by atoms with Crippen LogP contribution in [0.4, 0.5) is 4.39 Å². The molecule has 0 unspecified atom stereocenters. The standard InChI is InChI=1S/C9H9FO2/c10-8-5-1-3-7(9(8)12)4-2-6-11/h1-5,11-12H,6H2. The Labute approximate surface area is 69.6 Å². The first-order valence-corrected chi connectivity index (χ1v) is 3.50. The topological polar surface area (TPSA) is 40.5 Å². The average Bonchev–Trinajstić information content (AvgIpc) is 2.08. The first kappa shape index (κ1) is 8.74. The van der Waals surface area contributed by atoms with Gasteiger partial charge in [-0.25, -0.2) is 4.39 Å². The third-order valence-corrected chi connectivity index (χ3v) is 1.42. The Kier molecular flexibility index (Phi) is 2.82. The number of phenols is 1. The van der Waals surface area contributed by atoms with Gasteiger partial charge in [0.25, 0.3) is 0 Å². The average molecular weight is 168 g/mol. The Morgan fingerprint density at radius 2 is 2.17 bits per heavy atom. The second kappa shape index (κ2) is 3.88.